The highest BCUT2D eigenvalue weighted by molar-refractivity contribution is 5.98. The van der Waals surface area contributed by atoms with Crippen LogP contribution in [0.3, 0.4) is 0 Å². The number of carboxylic acids is 3. The number of carbonyl (C=O) groups excluding carboxylic acids is 7. The quantitative estimate of drug-likeness (QED) is 0.0209. The van der Waals surface area contributed by atoms with Crippen molar-refractivity contribution >= 4 is 76.1 Å². The summed E-state index contributed by atoms with van der Waals surface area (Å²) in [5.41, 5.74) is 22.9. The summed E-state index contributed by atoms with van der Waals surface area (Å²) in [6.07, 6.45) is -3.52. The maximum atomic E-state index is 13.9. The summed E-state index contributed by atoms with van der Waals surface area (Å²) in [7, 11) is 0. The van der Waals surface area contributed by atoms with E-state index in [0.717, 1.165) is 6.92 Å². The number of aliphatic hydroxyl groups excluding tert-OH is 1. The Labute approximate surface area is 377 Å². The van der Waals surface area contributed by atoms with Crippen LogP contribution in [-0.2, 0) is 54.4 Å². The third kappa shape index (κ3) is 18.4. The predicted octanol–water partition coefficient (Wildman–Crippen LogP) is -4.27. The van der Waals surface area contributed by atoms with E-state index < -0.39 is 133 Å². The van der Waals surface area contributed by atoms with E-state index in [1.165, 1.54) is 0 Å². The lowest BCUT2D eigenvalue weighted by Crippen LogP contribution is -2.62. The van der Waals surface area contributed by atoms with Crippen LogP contribution in [0.2, 0.25) is 0 Å². The Morgan fingerprint density at radius 1 is 0.652 bits per heavy atom. The summed E-state index contributed by atoms with van der Waals surface area (Å²) < 4.78 is 0. The first kappa shape index (κ1) is 54.8. The molecule has 2 rings (SSSR count). The van der Waals surface area contributed by atoms with Crippen LogP contribution < -0.4 is 54.8 Å². The standard InChI is InChI=1S/C40H60N12O14/c1-18(2)31(39(65)66)51-37(63)26(15-20-17-46-23-8-5-4-7-21(20)23)50-38(64)32(19(3)53)52-35(61)25(11-13-29(55)56)48-34(60)24(9-6-14-45-40(43)44)47-36(62)27(16-30(57)58)49-33(59)22(41)10-12-28(42)54/h4-5,7-8,17-19,22,24-27,31-32,46,53H,6,9-16,41H2,1-3H3,(H2,42,54)(H,47,62)(H,48,60)(H,49,59)(H,50,64)(H,51,63)(H,52,61)(H,55,56)(H,57,58)(H,65,66)(H4,43,44,45)/t19-,22+,24+,25+,26+,27+,31+,32+/m1/s1. The summed E-state index contributed by atoms with van der Waals surface area (Å²) >= 11 is 0. The van der Waals surface area contributed by atoms with Crippen molar-refractivity contribution in [1.82, 2.24) is 36.9 Å². The van der Waals surface area contributed by atoms with E-state index >= 15 is 0 Å². The Kier molecular flexibility index (Phi) is 21.9. The molecule has 2 aromatic rings. The van der Waals surface area contributed by atoms with E-state index in [9.17, 15) is 68.4 Å². The first-order chi connectivity index (χ1) is 30.9. The molecule has 0 bridgehead atoms. The molecule has 0 saturated carbocycles. The fourth-order valence-electron chi connectivity index (χ4n) is 6.36. The van der Waals surface area contributed by atoms with E-state index in [4.69, 9.17) is 22.9 Å². The smallest absolute Gasteiger partial charge is 0.326 e. The fourth-order valence-corrected chi connectivity index (χ4v) is 6.36. The van der Waals surface area contributed by atoms with Crippen LogP contribution in [-0.4, -0.2) is 146 Å². The van der Waals surface area contributed by atoms with Crippen molar-refractivity contribution in [3.05, 3.63) is 36.0 Å². The normalized spacial score (nSPS) is 14.7. The van der Waals surface area contributed by atoms with Gasteiger partial charge in [-0.25, -0.2) is 4.79 Å². The van der Waals surface area contributed by atoms with Gasteiger partial charge in [-0.2, -0.15) is 0 Å². The van der Waals surface area contributed by atoms with Gasteiger partial charge in [0.1, 0.15) is 36.3 Å². The lowest BCUT2D eigenvalue weighted by molar-refractivity contribution is -0.143. The van der Waals surface area contributed by atoms with Gasteiger partial charge in [0.05, 0.1) is 18.6 Å². The second-order valence-electron chi connectivity index (χ2n) is 15.7. The number of aliphatic carboxylic acids is 3. The molecule has 0 saturated heterocycles. The number of carboxylic acid groups (broad SMARTS) is 3. The number of H-pyrrole nitrogens is 1. The lowest BCUT2D eigenvalue weighted by Gasteiger charge is -2.28. The predicted molar refractivity (Wildman–Crippen MR) is 233 cm³/mol. The van der Waals surface area contributed by atoms with E-state index in [1.807, 2.05) is 0 Å². The molecule has 364 valence electrons. The number of rotatable bonds is 29. The number of carbonyl (C=O) groups is 10. The van der Waals surface area contributed by atoms with Crippen molar-refractivity contribution < 1.29 is 68.4 Å². The third-order valence-corrected chi connectivity index (χ3v) is 9.93. The highest BCUT2D eigenvalue weighted by Gasteiger charge is 2.36. The minimum atomic E-state index is -1.87. The van der Waals surface area contributed by atoms with E-state index in [2.05, 4.69) is 41.9 Å². The molecule has 26 heteroatoms. The van der Waals surface area contributed by atoms with Gasteiger partial charge in [-0.15, -0.1) is 0 Å². The van der Waals surface area contributed by atoms with E-state index in [-0.39, 0.29) is 44.6 Å². The van der Waals surface area contributed by atoms with Crippen LogP contribution in [0.4, 0.5) is 0 Å². The molecule has 0 unspecified atom stereocenters. The number of aromatic amines is 1. The Morgan fingerprint density at radius 3 is 1.76 bits per heavy atom. The van der Waals surface area contributed by atoms with Crippen LogP contribution in [0.5, 0.6) is 0 Å². The molecule has 7 amide bonds. The topological polar surface area (TPSA) is 456 Å². The molecular weight excluding hydrogens is 873 g/mol. The monoisotopic (exact) mass is 932 g/mol. The number of benzene rings is 1. The van der Waals surface area contributed by atoms with E-state index in [0.29, 0.717) is 16.5 Å². The Hall–Kier alpha value is -7.35. The van der Waals surface area contributed by atoms with Gasteiger partial charge in [0.15, 0.2) is 5.96 Å². The number of aliphatic hydroxyl groups is 1. The molecule has 1 aromatic carbocycles. The fraction of sp³-hybridized carbons (Fsp3) is 0.525. The Bertz CT molecular complexity index is 2100. The van der Waals surface area contributed by atoms with Crippen molar-refractivity contribution in [3.63, 3.8) is 0 Å². The van der Waals surface area contributed by atoms with Gasteiger partial charge < -0.3 is 80.2 Å². The number of aromatic nitrogens is 1. The number of amides is 7. The molecule has 26 nitrogen and oxygen atoms in total. The number of guanidine groups is 1. The number of nitrogens with one attached hydrogen (secondary N) is 7. The van der Waals surface area contributed by atoms with Crippen molar-refractivity contribution in [2.75, 3.05) is 6.54 Å². The zero-order valence-electron chi connectivity index (χ0n) is 36.6. The maximum Gasteiger partial charge on any atom is 0.326 e. The van der Waals surface area contributed by atoms with Crippen LogP contribution >= 0.6 is 0 Å². The summed E-state index contributed by atoms with van der Waals surface area (Å²) in [6, 6.07) is -4.37. The van der Waals surface area contributed by atoms with Gasteiger partial charge in [-0.05, 0) is 50.2 Å². The molecule has 1 heterocycles. The number of fused-ring (bicyclic) bond motifs is 1. The third-order valence-electron chi connectivity index (χ3n) is 9.93. The zero-order valence-corrected chi connectivity index (χ0v) is 36.6. The molecule has 1 aromatic heterocycles. The number of nitrogens with two attached hydrogens (primary N) is 4. The largest absolute Gasteiger partial charge is 0.481 e. The van der Waals surface area contributed by atoms with Crippen molar-refractivity contribution in [3.8, 4) is 0 Å². The number of aliphatic imine (C=N–C) groups is 1. The van der Waals surface area contributed by atoms with Gasteiger partial charge in [-0.3, -0.25) is 48.1 Å². The van der Waals surface area contributed by atoms with Gasteiger partial charge in [-0.1, -0.05) is 32.0 Å². The average Bonchev–Trinajstić information content (AvgIpc) is 3.64. The zero-order chi connectivity index (χ0) is 49.8. The first-order valence-electron chi connectivity index (χ1n) is 20.7. The van der Waals surface area contributed by atoms with Gasteiger partial charge >= 0.3 is 17.9 Å². The molecule has 0 aliphatic rings. The SMILES string of the molecule is CC(C)[C@H](NC(=O)[C@H](Cc1c[nH]c2ccccc12)NC(=O)[C@@H](NC(=O)[C@H](CCC(=O)O)NC(=O)[C@H](CCCN=C(N)N)NC(=O)[C@H](CC(=O)O)NC(=O)[C@@H](N)CCC(N)=O)[C@@H](C)O)C(=O)O. The minimum absolute atomic E-state index is 0.0157. The van der Waals surface area contributed by atoms with Gasteiger partial charge in [0.25, 0.3) is 0 Å². The van der Waals surface area contributed by atoms with E-state index in [1.54, 1.807) is 44.3 Å². The number of para-hydroxylation sites is 1. The van der Waals surface area contributed by atoms with Crippen molar-refractivity contribution in [1.29, 1.82) is 0 Å². The average molecular weight is 933 g/mol. The molecule has 0 spiro atoms. The number of hydrogen-bond acceptors (Lipinski definition) is 13. The highest BCUT2D eigenvalue weighted by atomic mass is 16.4. The number of hydrogen-bond donors (Lipinski definition) is 15. The molecule has 66 heavy (non-hydrogen) atoms. The molecule has 19 N–H and O–H groups in total. The number of primary amides is 1. The summed E-state index contributed by atoms with van der Waals surface area (Å²) in [6.45, 7) is 4.13. The molecule has 0 fully saturated rings. The Balaban J connectivity index is 2.44. The lowest BCUT2D eigenvalue weighted by atomic mass is 10.0. The molecule has 0 aliphatic carbocycles. The Morgan fingerprint density at radius 2 is 1.20 bits per heavy atom. The molecule has 0 radical (unpaired) electrons. The van der Waals surface area contributed by atoms with Crippen molar-refractivity contribution in [2.24, 2.45) is 33.8 Å². The first-order valence-corrected chi connectivity index (χ1v) is 20.7. The van der Waals surface area contributed by atoms with Gasteiger partial charge in [0.2, 0.25) is 41.4 Å². The molecule has 8 atom stereocenters. The van der Waals surface area contributed by atoms with Crippen LogP contribution in [0, 0.1) is 5.92 Å². The van der Waals surface area contributed by atoms with Crippen LogP contribution in [0.15, 0.2) is 35.5 Å². The second-order valence-corrected chi connectivity index (χ2v) is 15.7. The van der Waals surface area contributed by atoms with Crippen LogP contribution in [0.1, 0.15) is 71.3 Å². The van der Waals surface area contributed by atoms with Gasteiger partial charge in [0, 0.05) is 42.9 Å². The summed E-state index contributed by atoms with van der Waals surface area (Å²) in [5.74, 6) is -12.6. The maximum absolute atomic E-state index is 13.9. The highest BCUT2D eigenvalue weighted by Crippen LogP contribution is 2.20. The molecular formula is C40H60N12O14. The summed E-state index contributed by atoms with van der Waals surface area (Å²) in [5, 5.41) is 54.0. The number of nitrogens with zero attached hydrogens (tertiary/aromatic N) is 1. The van der Waals surface area contributed by atoms with Crippen molar-refractivity contribution in [2.45, 2.75) is 121 Å². The second kappa shape index (κ2) is 26.4. The minimum Gasteiger partial charge on any atom is -0.481 e. The molecule has 0 aliphatic heterocycles. The summed E-state index contributed by atoms with van der Waals surface area (Å²) in [4.78, 5) is 135. The van der Waals surface area contributed by atoms with Crippen LogP contribution in [0.25, 0.3) is 10.9 Å².